The number of hydrogen-bond acceptors (Lipinski definition) is 3. The lowest BCUT2D eigenvalue weighted by Crippen LogP contribution is -2.41. The van der Waals surface area contributed by atoms with E-state index in [1.165, 1.54) is 12.8 Å². The van der Waals surface area contributed by atoms with Gasteiger partial charge in [-0.2, -0.15) is 0 Å². The number of rotatable bonds is 6. The van der Waals surface area contributed by atoms with Gasteiger partial charge in [0.05, 0.1) is 12.7 Å². The maximum absolute atomic E-state index is 9.79. The highest BCUT2D eigenvalue weighted by Gasteiger charge is 2.27. The van der Waals surface area contributed by atoms with Gasteiger partial charge in [-0.05, 0) is 32.2 Å². The lowest BCUT2D eigenvalue weighted by atomic mass is 10.0. The summed E-state index contributed by atoms with van der Waals surface area (Å²) in [5.74, 6) is 0.476. The first-order chi connectivity index (χ1) is 7.19. The van der Waals surface area contributed by atoms with Gasteiger partial charge in [-0.1, -0.05) is 13.3 Å². The molecule has 90 valence electrons. The van der Waals surface area contributed by atoms with Gasteiger partial charge in [0.2, 0.25) is 0 Å². The molecular weight excluding hydrogens is 190 g/mol. The summed E-state index contributed by atoms with van der Waals surface area (Å²) < 4.78 is 5.17. The molecule has 0 aliphatic heterocycles. The van der Waals surface area contributed by atoms with Gasteiger partial charge in [-0.25, -0.2) is 0 Å². The first-order valence-corrected chi connectivity index (χ1v) is 6.10. The predicted molar refractivity (Wildman–Crippen MR) is 61.9 cm³/mol. The van der Waals surface area contributed by atoms with Crippen LogP contribution >= 0.6 is 0 Å². The zero-order valence-corrected chi connectivity index (χ0v) is 10.3. The van der Waals surface area contributed by atoms with Gasteiger partial charge in [0.15, 0.2) is 0 Å². The third kappa shape index (κ3) is 3.74. The van der Waals surface area contributed by atoms with Crippen molar-refractivity contribution in [2.45, 2.75) is 45.3 Å². The van der Waals surface area contributed by atoms with E-state index < -0.39 is 0 Å². The average molecular weight is 215 g/mol. The Morgan fingerprint density at radius 1 is 1.47 bits per heavy atom. The summed E-state index contributed by atoms with van der Waals surface area (Å²) in [5.41, 5.74) is 0. The van der Waals surface area contributed by atoms with Crippen molar-refractivity contribution < 1.29 is 9.84 Å². The van der Waals surface area contributed by atoms with E-state index >= 15 is 0 Å². The minimum Gasteiger partial charge on any atom is -0.393 e. The highest BCUT2D eigenvalue weighted by atomic mass is 16.5. The molecule has 15 heavy (non-hydrogen) atoms. The molecule has 0 radical (unpaired) electrons. The molecule has 0 aromatic rings. The van der Waals surface area contributed by atoms with E-state index in [1.54, 1.807) is 7.11 Å². The number of hydrogen-bond donors (Lipinski definition) is 1. The molecule has 1 rings (SSSR count). The Labute approximate surface area is 93.4 Å². The van der Waals surface area contributed by atoms with Crippen LogP contribution in [0.3, 0.4) is 0 Å². The fourth-order valence-corrected chi connectivity index (χ4v) is 2.50. The number of methoxy groups -OCH3 is 1. The summed E-state index contributed by atoms with van der Waals surface area (Å²) in [7, 11) is 1.74. The van der Waals surface area contributed by atoms with Gasteiger partial charge in [0, 0.05) is 19.7 Å². The van der Waals surface area contributed by atoms with Crippen LogP contribution in [0.4, 0.5) is 0 Å². The van der Waals surface area contributed by atoms with Crippen LogP contribution in [0.2, 0.25) is 0 Å². The molecule has 0 saturated heterocycles. The van der Waals surface area contributed by atoms with Crippen LogP contribution in [0, 0.1) is 5.92 Å². The lowest BCUT2D eigenvalue weighted by Gasteiger charge is -2.30. The molecule has 0 bridgehead atoms. The molecular formula is C12H25NO2. The molecule has 3 nitrogen and oxygen atoms in total. The zero-order valence-electron chi connectivity index (χ0n) is 10.3. The molecule has 1 N–H and O–H groups in total. The molecule has 0 amide bonds. The van der Waals surface area contributed by atoms with Gasteiger partial charge >= 0.3 is 0 Å². The molecule has 1 aliphatic carbocycles. The standard InChI is InChI=1S/C12H25NO2/c1-4-13(10(2)9-15-3)8-11-6-5-7-12(11)14/h10-12,14H,4-9H2,1-3H3. The third-order valence-electron chi connectivity index (χ3n) is 3.53. The van der Waals surface area contributed by atoms with E-state index in [1.807, 2.05) is 0 Å². The summed E-state index contributed by atoms with van der Waals surface area (Å²) >= 11 is 0. The third-order valence-corrected chi connectivity index (χ3v) is 3.53. The Bertz CT molecular complexity index is 175. The van der Waals surface area contributed by atoms with Crippen LogP contribution in [0.5, 0.6) is 0 Å². The highest BCUT2D eigenvalue weighted by molar-refractivity contribution is 4.80. The van der Waals surface area contributed by atoms with Crippen molar-refractivity contribution in [3.05, 3.63) is 0 Å². The van der Waals surface area contributed by atoms with Gasteiger partial charge in [0.1, 0.15) is 0 Å². The van der Waals surface area contributed by atoms with E-state index in [0.717, 1.165) is 26.1 Å². The molecule has 0 spiro atoms. The quantitative estimate of drug-likeness (QED) is 0.729. The predicted octanol–water partition coefficient (Wildman–Crippen LogP) is 1.50. The average Bonchev–Trinajstić information content (AvgIpc) is 2.61. The first kappa shape index (κ1) is 12.9. The number of likely N-dealkylation sites (N-methyl/N-ethyl adjacent to an activating group) is 1. The van der Waals surface area contributed by atoms with Crippen LogP contribution in [0.25, 0.3) is 0 Å². The molecule has 0 aromatic carbocycles. The van der Waals surface area contributed by atoms with Crippen molar-refractivity contribution in [1.82, 2.24) is 4.90 Å². The van der Waals surface area contributed by atoms with Crippen molar-refractivity contribution in [3.63, 3.8) is 0 Å². The van der Waals surface area contributed by atoms with Crippen molar-refractivity contribution in [2.75, 3.05) is 26.8 Å². The Morgan fingerprint density at radius 2 is 2.20 bits per heavy atom. The number of ether oxygens (including phenoxy) is 1. The molecule has 0 heterocycles. The molecule has 3 atom stereocenters. The van der Waals surface area contributed by atoms with Crippen molar-refractivity contribution in [3.8, 4) is 0 Å². The van der Waals surface area contributed by atoms with Crippen molar-refractivity contribution in [2.24, 2.45) is 5.92 Å². The SMILES string of the molecule is CCN(CC1CCCC1O)C(C)COC. The summed E-state index contributed by atoms with van der Waals surface area (Å²) in [6.07, 6.45) is 3.27. The molecule has 1 fully saturated rings. The van der Waals surface area contributed by atoms with Crippen LogP contribution in [0.1, 0.15) is 33.1 Å². The van der Waals surface area contributed by atoms with Crippen LogP contribution in [-0.2, 0) is 4.74 Å². The smallest absolute Gasteiger partial charge is 0.0615 e. The van der Waals surface area contributed by atoms with E-state index in [9.17, 15) is 5.11 Å². The van der Waals surface area contributed by atoms with E-state index in [2.05, 4.69) is 18.7 Å². The number of aliphatic hydroxyl groups excluding tert-OH is 1. The lowest BCUT2D eigenvalue weighted by molar-refractivity contribution is 0.0614. The zero-order chi connectivity index (χ0) is 11.3. The Morgan fingerprint density at radius 3 is 2.67 bits per heavy atom. The molecule has 3 unspecified atom stereocenters. The fourth-order valence-electron chi connectivity index (χ4n) is 2.50. The summed E-state index contributed by atoms with van der Waals surface area (Å²) in [4.78, 5) is 2.41. The normalized spacial score (nSPS) is 28.6. The maximum Gasteiger partial charge on any atom is 0.0615 e. The number of aliphatic hydroxyl groups is 1. The van der Waals surface area contributed by atoms with E-state index in [-0.39, 0.29) is 6.10 Å². The fraction of sp³-hybridized carbons (Fsp3) is 1.00. The second-order valence-electron chi connectivity index (χ2n) is 4.65. The first-order valence-electron chi connectivity index (χ1n) is 6.10. The van der Waals surface area contributed by atoms with Crippen molar-refractivity contribution >= 4 is 0 Å². The van der Waals surface area contributed by atoms with Gasteiger partial charge in [0.25, 0.3) is 0 Å². The Kier molecular flexibility index (Phi) is 5.58. The number of nitrogens with zero attached hydrogens (tertiary/aromatic N) is 1. The van der Waals surface area contributed by atoms with Crippen LogP contribution in [0.15, 0.2) is 0 Å². The highest BCUT2D eigenvalue weighted by Crippen LogP contribution is 2.26. The Balaban J connectivity index is 2.38. The monoisotopic (exact) mass is 215 g/mol. The summed E-state index contributed by atoms with van der Waals surface area (Å²) in [6, 6.07) is 0.452. The van der Waals surface area contributed by atoms with Gasteiger partial charge < -0.3 is 9.84 Å². The van der Waals surface area contributed by atoms with Crippen LogP contribution < -0.4 is 0 Å². The van der Waals surface area contributed by atoms with E-state index in [0.29, 0.717) is 12.0 Å². The minimum atomic E-state index is -0.0752. The molecule has 1 aliphatic rings. The van der Waals surface area contributed by atoms with Gasteiger partial charge in [-0.15, -0.1) is 0 Å². The Hall–Kier alpha value is -0.120. The second kappa shape index (κ2) is 6.46. The topological polar surface area (TPSA) is 32.7 Å². The second-order valence-corrected chi connectivity index (χ2v) is 4.65. The molecule has 1 saturated carbocycles. The maximum atomic E-state index is 9.79. The largest absolute Gasteiger partial charge is 0.393 e. The molecule has 0 aromatic heterocycles. The summed E-state index contributed by atoms with van der Waals surface area (Å²) in [6.45, 7) is 7.19. The minimum absolute atomic E-state index is 0.0752. The van der Waals surface area contributed by atoms with Gasteiger partial charge in [-0.3, -0.25) is 4.90 Å². The van der Waals surface area contributed by atoms with E-state index in [4.69, 9.17) is 4.74 Å². The summed E-state index contributed by atoms with van der Waals surface area (Å²) in [5, 5.41) is 9.79. The van der Waals surface area contributed by atoms with Crippen LogP contribution in [-0.4, -0.2) is 49.0 Å². The van der Waals surface area contributed by atoms with Crippen molar-refractivity contribution in [1.29, 1.82) is 0 Å². The molecule has 3 heteroatoms.